The van der Waals surface area contributed by atoms with Gasteiger partial charge in [-0.3, -0.25) is 9.89 Å². The zero-order valence-electron chi connectivity index (χ0n) is 18.1. The third kappa shape index (κ3) is 5.26. The predicted molar refractivity (Wildman–Crippen MR) is 120 cm³/mol. The van der Waals surface area contributed by atoms with Crippen LogP contribution in [0.2, 0.25) is 0 Å². The Morgan fingerprint density at radius 2 is 1.84 bits per heavy atom. The van der Waals surface area contributed by atoms with Crippen LogP contribution in [0.5, 0.6) is 17.2 Å². The number of ether oxygens (including phenoxy) is 3. The van der Waals surface area contributed by atoms with Crippen LogP contribution in [0, 0.1) is 11.3 Å². The molecule has 0 aliphatic heterocycles. The van der Waals surface area contributed by atoms with Gasteiger partial charge in [0.05, 0.1) is 33.2 Å². The molecule has 0 fully saturated rings. The van der Waals surface area contributed by atoms with Gasteiger partial charge in [-0.1, -0.05) is 12.1 Å². The maximum atomic E-state index is 12.5. The topological polar surface area (TPSA) is 109 Å². The Labute approximate surface area is 186 Å². The Hall–Kier alpha value is -4.25. The molecule has 32 heavy (non-hydrogen) atoms. The fourth-order valence-electron chi connectivity index (χ4n) is 3.14. The van der Waals surface area contributed by atoms with Crippen molar-refractivity contribution in [3.63, 3.8) is 0 Å². The van der Waals surface area contributed by atoms with E-state index in [1.165, 1.54) is 6.08 Å². The number of benzene rings is 2. The van der Waals surface area contributed by atoms with Crippen molar-refractivity contribution in [2.75, 3.05) is 27.9 Å². The number of carbonyl (C=O) groups excluding carboxylic acids is 1. The summed E-state index contributed by atoms with van der Waals surface area (Å²) in [5.41, 5.74) is 3.09. The number of hydrogen-bond acceptors (Lipinski definition) is 6. The first kappa shape index (κ1) is 22.4. The van der Waals surface area contributed by atoms with E-state index in [1.807, 2.05) is 36.4 Å². The molecule has 0 bridgehead atoms. The Kier molecular flexibility index (Phi) is 7.49. The van der Waals surface area contributed by atoms with E-state index in [0.717, 1.165) is 16.9 Å². The molecule has 0 aliphatic carbocycles. The Morgan fingerprint density at radius 1 is 1.09 bits per heavy atom. The standard InChI is InChI=1S/C24H24N4O4/c1-30-20-7-4-16(5-8-20)10-11-26-24(29)18(14-25)12-19-15-27-28-23(19)17-6-9-21(31-2)22(13-17)32-3/h4-9,12-13,15H,10-11H2,1-3H3,(H,26,29)(H,27,28)/b18-12+. The van der Waals surface area contributed by atoms with E-state index < -0.39 is 5.91 Å². The van der Waals surface area contributed by atoms with Crippen molar-refractivity contribution < 1.29 is 19.0 Å². The second kappa shape index (κ2) is 10.7. The van der Waals surface area contributed by atoms with Gasteiger partial charge in [-0.05, 0) is 48.4 Å². The number of H-pyrrole nitrogens is 1. The molecule has 0 saturated heterocycles. The zero-order chi connectivity index (χ0) is 22.9. The van der Waals surface area contributed by atoms with E-state index in [4.69, 9.17) is 14.2 Å². The number of nitriles is 1. The lowest BCUT2D eigenvalue weighted by molar-refractivity contribution is -0.117. The molecule has 1 heterocycles. The number of hydrogen-bond donors (Lipinski definition) is 2. The normalized spacial score (nSPS) is 10.9. The lowest BCUT2D eigenvalue weighted by Gasteiger charge is -2.09. The lowest BCUT2D eigenvalue weighted by Crippen LogP contribution is -2.26. The highest BCUT2D eigenvalue weighted by Gasteiger charge is 2.14. The molecule has 3 aromatic rings. The van der Waals surface area contributed by atoms with E-state index in [-0.39, 0.29) is 5.57 Å². The molecule has 8 nitrogen and oxygen atoms in total. The molecule has 1 amide bonds. The summed E-state index contributed by atoms with van der Waals surface area (Å²) in [5.74, 6) is 1.49. The second-order valence-corrected chi connectivity index (χ2v) is 6.79. The van der Waals surface area contributed by atoms with Gasteiger partial charge in [-0.2, -0.15) is 10.4 Å². The molecule has 0 atom stereocenters. The molecule has 8 heteroatoms. The number of rotatable bonds is 9. The van der Waals surface area contributed by atoms with Gasteiger partial charge in [-0.15, -0.1) is 0 Å². The average molecular weight is 432 g/mol. The summed E-state index contributed by atoms with van der Waals surface area (Å²) in [6, 6.07) is 15.0. The number of methoxy groups -OCH3 is 3. The summed E-state index contributed by atoms with van der Waals surface area (Å²) in [4.78, 5) is 12.5. The van der Waals surface area contributed by atoms with Gasteiger partial charge >= 0.3 is 0 Å². The molecule has 0 saturated carbocycles. The van der Waals surface area contributed by atoms with Crippen molar-refractivity contribution in [1.29, 1.82) is 5.26 Å². The molecule has 2 aromatic carbocycles. The van der Waals surface area contributed by atoms with Crippen molar-refractivity contribution >= 4 is 12.0 Å². The van der Waals surface area contributed by atoms with Gasteiger partial charge in [-0.25, -0.2) is 0 Å². The van der Waals surface area contributed by atoms with Crippen LogP contribution in [0.4, 0.5) is 0 Å². The number of nitrogens with one attached hydrogen (secondary N) is 2. The van der Waals surface area contributed by atoms with Gasteiger partial charge in [0.15, 0.2) is 11.5 Å². The first-order valence-corrected chi connectivity index (χ1v) is 9.88. The molecule has 0 unspecified atom stereocenters. The number of amides is 1. The minimum absolute atomic E-state index is 0.0112. The van der Waals surface area contributed by atoms with Gasteiger partial charge in [0.25, 0.3) is 5.91 Å². The summed E-state index contributed by atoms with van der Waals surface area (Å²) in [7, 11) is 4.73. The van der Waals surface area contributed by atoms with Crippen LogP contribution in [0.25, 0.3) is 17.3 Å². The smallest absolute Gasteiger partial charge is 0.261 e. The summed E-state index contributed by atoms with van der Waals surface area (Å²) >= 11 is 0. The van der Waals surface area contributed by atoms with Crippen LogP contribution in [0.1, 0.15) is 11.1 Å². The summed E-state index contributed by atoms with van der Waals surface area (Å²) < 4.78 is 15.8. The monoisotopic (exact) mass is 432 g/mol. The van der Waals surface area contributed by atoms with Crippen LogP contribution in [-0.2, 0) is 11.2 Å². The highest BCUT2D eigenvalue weighted by atomic mass is 16.5. The summed E-state index contributed by atoms with van der Waals surface area (Å²) in [6.07, 6.45) is 3.71. The number of nitrogens with zero attached hydrogens (tertiary/aromatic N) is 2. The van der Waals surface area contributed by atoms with Crippen molar-refractivity contribution in [2.45, 2.75) is 6.42 Å². The predicted octanol–water partition coefficient (Wildman–Crippen LogP) is 3.37. The van der Waals surface area contributed by atoms with Gasteiger partial charge in [0.2, 0.25) is 0 Å². The molecule has 1 aromatic heterocycles. The molecular weight excluding hydrogens is 408 g/mol. The van der Waals surface area contributed by atoms with E-state index in [0.29, 0.717) is 35.7 Å². The summed E-state index contributed by atoms with van der Waals surface area (Å²) in [5, 5.41) is 19.3. The fraction of sp³-hybridized carbons (Fsp3) is 0.208. The van der Waals surface area contributed by atoms with E-state index >= 15 is 0 Å². The van der Waals surface area contributed by atoms with Crippen LogP contribution >= 0.6 is 0 Å². The number of carbonyl (C=O) groups is 1. The third-order valence-electron chi connectivity index (χ3n) is 4.86. The maximum Gasteiger partial charge on any atom is 0.261 e. The van der Waals surface area contributed by atoms with Gasteiger partial charge < -0.3 is 19.5 Å². The molecule has 2 N–H and O–H groups in total. The minimum Gasteiger partial charge on any atom is -0.497 e. The van der Waals surface area contributed by atoms with E-state index in [9.17, 15) is 10.1 Å². The highest BCUT2D eigenvalue weighted by molar-refractivity contribution is 6.02. The quantitative estimate of drug-likeness (QED) is 0.396. The Balaban J connectivity index is 1.72. The van der Waals surface area contributed by atoms with Crippen molar-refractivity contribution in [3.05, 3.63) is 65.4 Å². The van der Waals surface area contributed by atoms with Crippen molar-refractivity contribution in [1.82, 2.24) is 15.5 Å². The van der Waals surface area contributed by atoms with Crippen LogP contribution in [-0.4, -0.2) is 44.0 Å². The largest absolute Gasteiger partial charge is 0.497 e. The highest BCUT2D eigenvalue weighted by Crippen LogP contribution is 2.33. The Bertz CT molecular complexity index is 1140. The zero-order valence-corrected chi connectivity index (χ0v) is 18.1. The van der Waals surface area contributed by atoms with E-state index in [2.05, 4.69) is 15.5 Å². The first-order valence-electron chi connectivity index (χ1n) is 9.88. The molecule has 0 spiro atoms. The Morgan fingerprint density at radius 3 is 2.50 bits per heavy atom. The minimum atomic E-state index is -0.444. The van der Waals surface area contributed by atoms with Crippen molar-refractivity contribution in [2.24, 2.45) is 0 Å². The number of aromatic nitrogens is 2. The third-order valence-corrected chi connectivity index (χ3v) is 4.86. The van der Waals surface area contributed by atoms with Crippen LogP contribution < -0.4 is 19.5 Å². The van der Waals surface area contributed by atoms with Gasteiger partial charge in [0, 0.05) is 17.7 Å². The SMILES string of the molecule is COc1ccc(CCNC(=O)/C(C#N)=C/c2cn[nH]c2-c2ccc(OC)c(OC)c2)cc1. The molecule has 164 valence electrons. The van der Waals surface area contributed by atoms with Crippen LogP contribution in [0.15, 0.2) is 54.2 Å². The van der Waals surface area contributed by atoms with Crippen molar-refractivity contribution in [3.8, 4) is 34.6 Å². The first-order chi connectivity index (χ1) is 15.6. The summed E-state index contributed by atoms with van der Waals surface area (Å²) in [6.45, 7) is 0.401. The molecular formula is C24H24N4O4. The lowest BCUT2D eigenvalue weighted by atomic mass is 10.1. The molecule has 0 aliphatic rings. The van der Waals surface area contributed by atoms with Crippen LogP contribution in [0.3, 0.4) is 0 Å². The molecule has 3 rings (SSSR count). The molecule has 0 radical (unpaired) electrons. The maximum absolute atomic E-state index is 12.5. The average Bonchev–Trinajstić information content (AvgIpc) is 3.30. The van der Waals surface area contributed by atoms with Gasteiger partial charge in [0.1, 0.15) is 17.4 Å². The second-order valence-electron chi connectivity index (χ2n) is 6.79. The number of aromatic amines is 1. The fourth-order valence-corrected chi connectivity index (χ4v) is 3.14. The van der Waals surface area contributed by atoms with E-state index in [1.54, 1.807) is 39.7 Å².